The Balaban J connectivity index is 1.86. The van der Waals surface area contributed by atoms with Gasteiger partial charge < -0.3 is 9.84 Å². The first kappa shape index (κ1) is 14.5. The first-order valence-corrected chi connectivity index (χ1v) is 7.88. The third-order valence-corrected chi connectivity index (χ3v) is 4.58. The molecule has 5 nitrogen and oxygen atoms in total. The van der Waals surface area contributed by atoms with Crippen LogP contribution >= 0.6 is 0 Å². The summed E-state index contributed by atoms with van der Waals surface area (Å²) >= 11 is 0. The molecule has 19 heavy (non-hydrogen) atoms. The Kier molecular flexibility index (Phi) is 4.93. The summed E-state index contributed by atoms with van der Waals surface area (Å²) in [4.78, 5) is 0.125. The Morgan fingerprint density at radius 2 is 2.05 bits per heavy atom. The standard InChI is InChI=1S/C13H19NO4S/c15-9-12-3-1-2-4-13(12)19(16,17)14-7-8-18-10-11-5-6-11/h1-4,11,14-15H,5-10H2. The lowest BCUT2D eigenvalue weighted by Crippen LogP contribution is -2.28. The Labute approximate surface area is 113 Å². The summed E-state index contributed by atoms with van der Waals surface area (Å²) in [7, 11) is -3.58. The van der Waals surface area contributed by atoms with Crippen LogP contribution in [0.1, 0.15) is 18.4 Å². The molecule has 1 aromatic carbocycles. The predicted octanol–water partition coefficient (Wildman–Crippen LogP) is 0.884. The second-order valence-electron chi connectivity index (χ2n) is 4.68. The van der Waals surface area contributed by atoms with Crippen molar-refractivity contribution in [2.45, 2.75) is 24.3 Å². The molecule has 1 aliphatic carbocycles. The lowest BCUT2D eigenvalue weighted by atomic mass is 10.2. The second kappa shape index (κ2) is 6.47. The molecule has 2 rings (SSSR count). The van der Waals surface area contributed by atoms with E-state index in [0.717, 1.165) is 6.61 Å². The fourth-order valence-electron chi connectivity index (χ4n) is 1.76. The van der Waals surface area contributed by atoms with Crippen molar-refractivity contribution >= 4 is 10.0 Å². The smallest absolute Gasteiger partial charge is 0.241 e. The molecule has 1 aromatic rings. The van der Waals surface area contributed by atoms with Gasteiger partial charge >= 0.3 is 0 Å². The summed E-state index contributed by atoms with van der Waals surface area (Å²) < 4.78 is 31.9. The largest absolute Gasteiger partial charge is 0.392 e. The molecule has 0 saturated heterocycles. The number of aliphatic hydroxyl groups excluding tert-OH is 1. The molecule has 1 fully saturated rings. The Morgan fingerprint density at radius 1 is 1.32 bits per heavy atom. The fourth-order valence-corrected chi connectivity index (χ4v) is 3.00. The number of hydrogen-bond acceptors (Lipinski definition) is 4. The zero-order valence-electron chi connectivity index (χ0n) is 10.7. The van der Waals surface area contributed by atoms with Crippen LogP contribution in [-0.2, 0) is 21.4 Å². The average molecular weight is 285 g/mol. The number of sulfonamides is 1. The number of benzene rings is 1. The number of hydrogen-bond donors (Lipinski definition) is 2. The highest BCUT2D eigenvalue weighted by atomic mass is 32.2. The number of rotatable bonds is 8. The molecule has 6 heteroatoms. The van der Waals surface area contributed by atoms with E-state index in [1.807, 2.05) is 0 Å². The summed E-state index contributed by atoms with van der Waals surface area (Å²) in [6, 6.07) is 6.41. The van der Waals surface area contributed by atoms with Gasteiger partial charge in [0.25, 0.3) is 0 Å². The summed E-state index contributed by atoms with van der Waals surface area (Å²) in [6.45, 7) is 1.04. The maximum atomic E-state index is 12.0. The van der Waals surface area contributed by atoms with Crippen LogP contribution < -0.4 is 4.72 Å². The van der Waals surface area contributed by atoms with Gasteiger partial charge in [-0.15, -0.1) is 0 Å². The summed E-state index contributed by atoms with van der Waals surface area (Å²) in [5.41, 5.74) is 0.397. The van der Waals surface area contributed by atoms with Gasteiger partial charge in [0.15, 0.2) is 0 Å². The van der Waals surface area contributed by atoms with Gasteiger partial charge in [-0.3, -0.25) is 0 Å². The van der Waals surface area contributed by atoms with Gasteiger partial charge in [0.2, 0.25) is 10.0 Å². The molecule has 0 heterocycles. The minimum absolute atomic E-state index is 0.125. The molecule has 0 unspecified atom stereocenters. The van der Waals surface area contributed by atoms with Crippen LogP contribution in [0.25, 0.3) is 0 Å². The maximum absolute atomic E-state index is 12.0. The van der Waals surface area contributed by atoms with E-state index in [1.165, 1.54) is 18.9 Å². The molecule has 2 N–H and O–H groups in total. The van der Waals surface area contributed by atoms with Crippen molar-refractivity contribution in [1.82, 2.24) is 4.72 Å². The minimum atomic E-state index is -3.58. The normalized spacial score (nSPS) is 15.6. The molecule has 0 spiro atoms. The molecule has 0 amide bonds. The number of ether oxygens (including phenoxy) is 1. The summed E-state index contributed by atoms with van der Waals surface area (Å²) in [6.07, 6.45) is 2.44. The van der Waals surface area contributed by atoms with Gasteiger partial charge in [-0.1, -0.05) is 18.2 Å². The van der Waals surface area contributed by atoms with Crippen LogP contribution in [0.2, 0.25) is 0 Å². The van der Waals surface area contributed by atoms with Gasteiger partial charge in [0.05, 0.1) is 18.1 Å². The van der Waals surface area contributed by atoms with Gasteiger partial charge in [-0.05, 0) is 30.4 Å². The topological polar surface area (TPSA) is 75.6 Å². The molecule has 0 radical (unpaired) electrons. The average Bonchev–Trinajstić information content (AvgIpc) is 3.22. The van der Waals surface area contributed by atoms with Crippen molar-refractivity contribution in [1.29, 1.82) is 0 Å². The van der Waals surface area contributed by atoms with E-state index in [1.54, 1.807) is 18.2 Å². The molecule has 0 bridgehead atoms. The molecule has 0 atom stereocenters. The van der Waals surface area contributed by atoms with E-state index in [9.17, 15) is 8.42 Å². The van der Waals surface area contributed by atoms with Crippen molar-refractivity contribution in [3.8, 4) is 0 Å². The highest BCUT2D eigenvalue weighted by Gasteiger charge is 2.21. The van der Waals surface area contributed by atoms with Crippen molar-refractivity contribution in [2.75, 3.05) is 19.8 Å². The van der Waals surface area contributed by atoms with E-state index in [0.29, 0.717) is 18.1 Å². The van der Waals surface area contributed by atoms with E-state index in [4.69, 9.17) is 9.84 Å². The lowest BCUT2D eigenvalue weighted by Gasteiger charge is -2.10. The quantitative estimate of drug-likeness (QED) is 0.695. The second-order valence-corrected chi connectivity index (χ2v) is 6.42. The Hall–Kier alpha value is -0.950. The lowest BCUT2D eigenvalue weighted by molar-refractivity contribution is 0.129. The predicted molar refractivity (Wildman–Crippen MR) is 71.1 cm³/mol. The van der Waals surface area contributed by atoms with Crippen LogP contribution in [0.3, 0.4) is 0 Å². The maximum Gasteiger partial charge on any atom is 0.241 e. The number of nitrogens with one attached hydrogen (secondary N) is 1. The molecule has 1 aliphatic rings. The van der Waals surface area contributed by atoms with Crippen molar-refractivity contribution in [2.24, 2.45) is 5.92 Å². The van der Waals surface area contributed by atoms with Crippen molar-refractivity contribution < 1.29 is 18.3 Å². The van der Waals surface area contributed by atoms with Crippen LogP contribution in [0.4, 0.5) is 0 Å². The molecule has 0 aliphatic heterocycles. The molecule has 106 valence electrons. The van der Waals surface area contributed by atoms with Crippen LogP contribution in [0, 0.1) is 5.92 Å². The van der Waals surface area contributed by atoms with Gasteiger partial charge in [-0.25, -0.2) is 13.1 Å². The van der Waals surface area contributed by atoms with Gasteiger partial charge in [0.1, 0.15) is 0 Å². The molecular weight excluding hydrogens is 266 g/mol. The first-order valence-electron chi connectivity index (χ1n) is 6.39. The molecular formula is C13H19NO4S. The number of aliphatic hydroxyl groups is 1. The minimum Gasteiger partial charge on any atom is -0.392 e. The Bertz CT molecular complexity index is 511. The molecule has 0 aromatic heterocycles. The van der Waals surface area contributed by atoms with E-state index < -0.39 is 10.0 Å². The van der Waals surface area contributed by atoms with E-state index >= 15 is 0 Å². The van der Waals surface area contributed by atoms with E-state index in [-0.39, 0.29) is 18.0 Å². The van der Waals surface area contributed by atoms with Gasteiger partial charge in [0, 0.05) is 13.2 Å². The summed E-state index contributed by atoms with van der Waals surface area (Å²) in [5, 5.41) is 9.14. The third-order valence-electron chi connectivity index (χ3n) is 3.02. The molecule has 1 saturated carbocycles. The zero-order chi connectivity index (χ0) is 13.7. The Morgan fingerprint density at radius 3 is 2.74 bits per heavy atom. The summed E-state index contributed by atoms with van der Waals surface area (Å²) in [5.74, 6) is 0.673. The SMILES string of the molecule is O=S(=O)(NCCOCC1CC1)c1ccccc1CO. The highest BCUT2D eigenvalue weighted by molar-refractivity contribution is 7.89. The van der Waals surface area contributed by atoms with Gasteiger partial charge in [-0.2, -0.15) is 0 Å². The monoisotopic (exact) mass is 285 g/mol. The highest BCUT2D eigenvalue weighted by Crippen LogP contribution is 2.28. The zero-order valence-corrected chi connectivity index (χ0v) is 11.5. The first-order chi connectivity index (χ1) is 9.13. The van der Waals surface area contributed by atoms with Crippen LogP contribution in [0.15, 0.2) is 29.2 Å². The van der Waals surface area contributed by atoms with Crippen LogP contribution in [-0.4, -0.2) is 33.3 Å². The third kappa shape index (κ3) is 4.28. The van der Waals surface area contributed by atoms with Crippen molar-refractivity contribution in [3.63, 3.8) is 0 Å². The van der Waals surface area contributed by atoms with Crippen molar-refractivity contribution in [3.05, 3.63) is 29.8 Å². The van der Waals surface area contributed by atoms with Crippen LogP contribution in [0.5, 0.6) is 0 Å². The van der Waals surface area contributed by atoms with E-state index in [2.05, 4.69) is 4.72 Å². The fraction of sp³-hybridized carbons (Fsp3) is 0.538.